The third-order valence-corrected chi connectivity index (χ3v) is 4.95. The van der Waals surface area contributed by atoms with Crippen LogP contribution in [0.4, 0.5) is 24.5 Å². The molecule has 0 saturated carbocycles. The van der Waals surface area contributed by atoms with E-state index in [2.05, 4.69) is 9.88 Å². The molecule has 7 heteroatoms. The van der Waals surface area contributed by atoms with Gasteiger partial charge in [-0.2, -0.15) is 18.4 Å². The van der Waals surface area contributed by atoms with Crippen molar-refractivity contribution in [1.29, 1.82) is 5.26 Å². The maximum Gasteiger partial charge on any atom is 0.417 e. The lowest BCUT2D eigenvalue weighted by atomic mass is 10.0. The van der Waals surface area contributed by atoms with Gasteiger partial charge in [-0.25, -0.2) is 0 Å². The number of aromatic nitrogens is 1. The number of nitriles is 1. The van der Waals surface area contributed by atoms with Crippen LogP contribution in [0.15, 0.2) is 42.7 Å². The monoisotopic (exact) mass is 374 g/mol. The summed E-state index contributed by atoms with van der Waals surface area (Å²) in [5, 5.41) is 9.00. The smallest absolute Gasteiger partial charge is 0.368 e. The molecule has 0 bridgehead atoms. The first-order valence-electron chi connectivity index (χ1n) is 8.97. The summed E-state index contributed by atoms with van der Waals surface area (Å²) < 4.78 is 40.0. The number of piperidine rings is 1. The lowest BCUT2D eigenvalue weighted by Gasteiger charge is -2.41. The van der Waals surface area contributed by atoms with Crippen LogP contribution in [0.2, 0.25) is 0 Å². The van der Waals surface area contributed by atoms with Crippen molar-refractivity contribution in [3.05, 3.63) is 53.9 Å². The summed E-state index contributed by atoms with van der Waals surface area (Å²) in [6, 6.07) is 9.59. The molecule has 0 aliphatic carbocycles. The summed E-state index contributed by atoms with van der Waals surface area (Å²) in [7, 11) is 0. The molecule has 2 heterocycles. The minimum Gasteiger partial charge on any atom is -0.368 e. The van der Waals surface area contributed by atoms with Gasteiger partial charge in [0.05, 0.1) is 29.1 Å². The summed E-state index contributed by atoms with van der Waals surface area (Å²) in [5.74, 6) is 0. The van der Waals surface area contributed by atoms with E-state index in [9.17, 15) is 13.2 Å². The van der Waals surface area contributed by atoms with Crippen molar-refractivity contribution >= 4 is 11.4 Å². The Morgan fingerprint density at radius 3 is 2.78 bits per heavy atom. The maximum absolute atomic E-state index is 13.3. The van der Waals surface area contributed by atoms with Gasteiger partial charge in [0.15, 0.2) is 0 Å². The number of alkyl halides is 3. The first kappa shape index (κ1) is 19.0. The van der Waals surface area contributed by atoms with Crippen molar-refractivity contribution in [3.63, 3.8) is 0 Å². The number of pyridine rings is 1. The molecular formula is C20H21F3N4. The molecular weight excluding hydrogens is 353 g/mol. The SMILES string of the molecule is CCN(c1ccc(C#N)c(C(F)(F)F)c1)[C@H]1CCCN(c2cccnc2)C1. The van der Waals surface area contributed by atoms with Gasteiger partial charge in [-0.1, -0.05) is 0 Å². The Kier molecular flexibility index (Phi) is 5.54. The first-order valence-corrected chi connectivity index (χ1v) is 8.97. The van der Waals surface area contributed by atoms with Crippen LogP contribution in [0.1, 0.15) is 30.9 Å². The van der Waals surface area contributed by atoms with E-state index in [1.54, 1.807) is 18.3 Å². The highest BCUT2D eigenvalue weighted by atomic mass is 19.4. The minimum atomic E-state index is -4.55. The zero-order chi connectivity index (χ0) is 19.4. The molecule has 1 aromatic carbocycles. The molecule has 0 spiro atoms. The van der Waals surface area contributed by atoms with Crippen molar-refractivity contribution in [3.8, 4) is 6.07 Å². The standard InChI is InChI=1S/C20H21F3N4/c1-2-27(16-8-7-15(12-24)19(11-16)20(21,22)23)18-6-4-10-26(14-18)17-5-3-9-25-13-17/h3,5,7-9,11,13,18H,2,4,6,10,14H2,1H3/t18-/m0/s1. The lowest BCUT2D eigenvalue weighted by molar-refractivity contribution is -0.137. The largest absolute Gasteiger partial charge is 0.417 e. The highest BCUT2D eigenvalue weighted by Crippen LogP contribution is 2.35. The predicted octanol–water partition coefficient (Wildman–Crippen LogP) is 4.47. The van der Waals surface area contributed by atoms with E-state index in [-0.39, 0.29) is 11.6 Å². The topological polar surface area (TPSA) is 43.2 Å². The molecule has 0 radical (unpaired) electrons. The fourth-order valence-electron chi connectivity index (χ4n) is 3.68. The third kappa shape index (κ3) is 4.16. The summed E-state index contributed by atoms with van der Waals surface area (Å²) >= 11 is 0. The zero-order valence-electron chi connectivity index (χ0n) is 15.1. The molecule has 1 aromatic heterocycles. The molecule has 0 N–H and O–H groups in total. The number of rotatable bonds is 4. The summed E-state index contributed by atoms with van der Waals surface area (Å²) in [6.07, 6.45) is 0.847. The van der Waals surface area contributed by atoms with Gasteiger partial charge in [-0.05, 0) is 50.1 Å². The van der Waals surface area contributed by atoms with Crippen molar-refractivity contribution in [2.75, 3.05) is 29.4 Å². The van der Waals surface area contributed by atoms with Crippen LogP contribution in [-0.2, 0) is 6.18 Å². The van der Waals surface area contributed by atoms with Gasteiger partial charge in [0.1, 0.15) is 0 Å². The number of halogens is 3. The predicted molar refractivity (Wildman–Crippen MR) is 98.7 cm³/mol. The second-order valence-corrected chi connectivity index (χ2v) is 6.58. The van der Waals surface area contributed by atoms with E-state index in [1.807, 2.05) is 30.2 Å². The molecule has 1 saturated heterocycles. The van der Waals surface area contributed by atoms with E-state index in [0.29, 0.717) is 12.2 Å². The molecule has 0 unspecified atom stereocenters. The van der Waals surface area contributed by atoms with Gasteiger partial charge in [-0.15, -0.1) is 0 Å². The van der Waals surface area contributed by atoms with Crippen molar-refractivity contribution < 1.29 is 13.2 Å². The molecule has 1 aliphatic rings. The van der Waals surface area contributed by atoms with Gasteiger partial charge in [0, 0.05) is 37.6 Å². The number of likely N-dealkylation sites (N-methyl/N-ethyl adjacent to an activating group) is 1. The van der Waals surface area contributed by atoms with E-state index in [0.717, 1.165) is 37.7 Å². The van der Waals surface area contributed by atoms with E-state index < -0.39 is 11.7 Å². The fourth-order valence-corrected chi connectivity index (χ4v) is 3.68. The van der Waals surface area contributed by atoms with Crippen molar-refractivity contribution in [2.45, 2.75) is 32.0 Å². The zero-order valence-corrected chi connectivity index (χ0v) is 15.1. The van der Waals surface area contributed by atoms with E-state index in [4.69, 9.17) is 5.26 Å². The van der Waals surface area contributed by atoms with E-state index in [1.165, 1.54) is 6.07 Å². The quantitative estimate of drug-likeness (QED) is 0.792. The molecule has 4 nitrogen and oxygen atoms in total. The van der Waals surface area contributed by atoms with Crippen LogP contribution in [0, 0.1) is 11.3 Å². The molecule has 2 aromatic rings. The maximum atomic E-state index is 13.3. The highest BCUT2D eigenvalue weighted by Gasteiger charge is 2.35. The van der Waals surface area contributed by atoms with Crippen LogP contribution in [0.25, 0.3) is 0 Å². The van der Waals surface area contributed by atoms with Crippen molar-refractivity contribution in [2.24, 2.45) is 0 Å². The molecule has 1 aliphatic heterocycles. The number of benzene rings is 1. The van der Waals surface area contributed by atoms with Crippen LogP contribution >= 0.6 is 0 Å². The Bertz CT molecular complexity index is 814. The Balaban J connectivity index is 1.87. The van der Waals surface area contributed by atoms with Crippen LogP contribution in [0.5, 0.6) is 0 Å². The second-order valence-electron chi connectivity index (χ2n) is 6.58. The lowest BCUT2D eigenvalue weighted by Crippen LogP contribution is -2.48. The van der Waals surface area contributed by atoms with Gasteiger partial charge < -0.3 is 9.80 Å². The summed E-state index contributed by atoms with van der Waals surface area (Å²) in [4.78, 5) is 8.37. The average Bonchev–Trinajstić information content (AvgIpc) is 2.69. The van der Waals surface area contributed by atoms with Crippen molar-refractivity contribution in [1.82, 2.24) is 4.98 Å². The average molecular weight is 374 g/mol. The second kappa shape index (κ2) is 7.87. The van der Waals surface area contributed by atoms with E-state index >= 15 is 0 Å². The highest BCUT2D eigenvalue weighted by molar-refractivity contribution is 5.56. The number of nitrogens with zero attached hydrogens (tertiary/aromatic N) is 4. The summed E-state index contributed by atoms with van der Waals surface area (Å²) in [5.41, 5.74) is 0.305. The summed E-state index contributed by atoms with van der Waals surface area (Å²) in [6.45, 7) is 4.16. The molecule has 27 heavy (non-hydrogen) atoms. The number of hydrogen-bond donors (Lipinski definition) is 0. The van der Waals surface area contributed by atoms with Gasteiger partial charge in [0.2, 0.25) is 0 Å². The Hall–Kier alpha value is -2.75. The van der Waals surface area contributed by atoms with Crippen LogP contribution in [-0.4, -0.2) is 30.7 Å². The molecule has 1 atom stereocenters. The minimum absolute atomic E-state index is 0.0953. The Morgan fingerprint density at radius 1 is 1.33 bits per heavy atom. The van der Waals surface area contributed by atoms with Gasteiger partial charge in [-0.3, -0.25) is 4.98 Å². The molecule has 0 amide bonds. The third-order valence-electron chi connectivity index (χ3n) is 4.95. The van der Waals surface area contributed by atoms with Gasteiger partial charge >= 0.3 is 6.18 Å². The number of anilines is 2. The normalized spacial score (nSPS) is 17.4. The molecule has 142 valence electrons. The Labute approximate surface area is 156 Å². The first-order chi connectivity index (χ1) is 12.9. The van der Waals surface area contributed by atoms with Crippen LogP contribution < -0.4 is 9.80 Å². The Morgan fingerprint density at radius 2 is 2.15 bits per heavy atom. The fraction of sp³-hybridized carbons (Fsp3) is 0.400. The molecule has 1 fully saturated rings. The van der Waals surface area contributed by atoms with Gasteiger partial charge in [0.25, 0.3) is 0 Å². The molecule has 3 rings (SSSR count). The number of hydrogen-bond acceptors (Lipinski definition) is 4. The van der Waals surface area contributed by atoms with Crippen LogP contribution in [0.3, 0.4) is 0 Å².